The van der Waals surface area contributed by atoms with Gasteiger partial charge in [0.25, 0.3) is 0 Å². The zero-order valence-electron chi connectivity index (χ0n) is 14.7. The normalized spacial score (nSPS) is 10.8. The minimum atomic E-state index is -4.33. The Kier molecular flexibility index (Phi) is 6.74. The van der Waals surface area contributed by atoms with Crippen molar-refractivity contribution in [3.8, 4) is 5.75 Å². The standard InChI is InChI=1S/C9H12O3S.C8H13N2O/c1-6-4-7(2)9(8(3)5-6)13(10,11)12;1-3-7-6-8(11-2)4-5-10(7)9/h4-5H,1-3H3,(H,10,11,12);4-6H,3,9H2,1-2H3/q;+1/p-1. The van der Waals surface area contributed by atoms with Crippen LogP contribution in [0.2, 0.25) is 0 Å². The molecule has 1 aromatic heterocycles. The average molecular weight is 352 g/mol. The molecule has 0 aliphatic rings. The third-order valence-corrected chi connectivity index (χ3v) is 4.64. The third-order valence-electron chi connectivity index (χ3n) is 3.49. The van der Waals surface area contributed by atoms with E-state index in [0.717, 1.165) is 23.4 Å². The Balaban J connectivity index is 0.000000243. The Morgan fingerprint density at radius 1 is 1.17 bits per heavy atom. The fraction of sp³-hybridized carbons (Fsp3) is 0.353. The van der Waals surface area contributed by atoms with Crippen molar-refractivity contribution in [2.75, 3.05) is 13.0 Å². The van der Waals surface area contributed by atoms with Gasteiger partial charge in [-0.1, -0.05) is 29.3 Å². The van der Waals surface area contributed by atoms with Gasteiger partial charge in [-0.25, -0.2) is 14.3 Å². The fourth-order valence-electron chi connectivity index (χ4n) is 2.51. The van der Waals surface area contributed by atoms with Crippen LogP contribution < -0.4 is 15.3 Å². The highest BCUT2D eigenvalue weighted by atomic mass is 32.2. The number of nitrogens with two attached hydrogens (primary N) is 1. The van der Waals surface area contributed by atoms with E-state index < -0.39 is 10.1 Å². The second-order valence-electron chi connectivity index (χ2n) is 5.50. The van der Waals surface area contributed by atoms with Crippen molar-refractivity contribution in [2.24, 2.45) is 0 Å². The Morgan fingerprint density at radius 2 is 1.71 bits per heavy atom. The van der Waals surface area contributed by atoms with Gasteiger partial charge in [0, 0.05) is 12.5 Å². The van der Waals surface area contributed by atoms with Crippen LogP contribution in [0.4, 0.5) is 0 Å². The number of aromatic nitrogens is 1. The minimum Gasteiger partial charge on any atom is -0.744 e. The molecule has 0 aliphatic carbocycles. The lowest BCUT2D eigenvalue weighted by Gasteiger charge is -2.14. The predicted octanol–water partition coefficient (Wildman–Crippen LogP) is 1.77. The fourth-order valence-corrected chi connectivity index (χ4v) is 3.42. The first-order valence-electron chi connectivity index (χ1n) is 7.47. The van der Waals surface area contributed by atoms with Crippen molar-refractivity contribution in [1.82, 2.24) is 0 Å². The second kappa shape index (κ2) is 8.12. The lowest BCUT2D eigenvalue weighted by Crippen LogP contribution is -2.47. The first-order valence-corrected chi connectivity index (χ1v) is 8.88. The summed E-state index contributed by atoms with van der Waals surface area (Å²) < 4.78 is 39.1. The maximum atomic E-state index is 10.8. The molecule has 1 heterocycles. The Bertz CT molecular complexity index is 794. The van der Waals surface area contributed by atoms with Gasteiger partial charge in [0.05, 0.1) is 18.1 Å². The average Bonchev–Trinajstić information content (AvgIpc) is 2.45. The van der Waals surface area contributed by atoms with Crippen LogP contribution in [0.5, 0.6) is 5.75 Å². The minimum absolute atomic E-state index is 0.0851. The Morgan fingerprint density at radius 3 is 2.12 bits per heavy atom. The first-order chi connectivity index (χ1) is 11.1. The van der Waals surface area contributed by atoms with E-state index in [1.807, 2.05) is 19.1 Å². The van der Waals surface area contributed by atoms with Crippen molar-refractivity contribution in [3.05, 3.63) is 52.8 Å². The van der Waals surface area contributed by atoms with Crippen molar-refractivity contribution in [1.29, 1.82) is 0 Å². The molecule has 0 spiro atoms. The molecule has 2 aromatic rings. The summed E-state index contributed by atoms with van der Waals surface area (Å²) in [5.74, 6) is 6.47. The van der Waals surface area contributed by atoms with Crippen LogP contribution in [0.25, 0.3) is 0 Å². The zero-order valence-corrected chi connectivity index (χ0v) is 15.5. The SMILES string of the molecule is CCc1cc(OC)cc[n+]1N.Cc1cc(C)c(S(=O)(=O)[O-])c(C)c1. The van der Waals surface area contributed by atoms with Gasteiger partial charge in [-0.2, -0.15) is 0 Å². The summed E-state index contributed by atoms with van der Waals surface area (Å²) in [6.07, 6.45) is 2.70. The quantitative estimate of drug-likeness (QED) is 0.516. The highest BCUT2D eigenvalue weighted by molar-refractivity contribution is 7.85. The number of hydrogen-bond donors (Lipinski definition) is 1. The second-order valence-corrected chi connectivity index (χ2v) is 6.82. The van der Waals surface area contributed by atoms with Crippen molar-refractivity contribution >= 4 is 10.1 Å². The summed E-state index contributed by atoms with van der Waals surface area (Å²) in [5.41, 5.74) is 3.06. The number of benzene rings is 1. The molecule has 0 saturated carbocycles. The van der Waals surface area contributed by atoms with E-state index in [0.29, 0.717) is 11.1 Å². The van der Waals surface area contributed by atoms with Crippen molar-refractivity contribution < 1.29 is 22.4 Å². The molecule has 0 radical (unpaired) electrons. The van der Waals surface area contributed by atoms with Gasteiger partial charge in [0.15, 0.2) is 0 Å². The van der Waals surface area contributed by atoms with Crippen molar-refractivity contribution in [3.63, 3.8) is 0 Å². The summed E-state index contributed by atoms with van der Waals surface area (Å²) in [4.78, 5) is -0.0851. The van der Waals surface area contributed by atoms with E-state index in [1.165, 1.54) is 0 Å². The summed E-state index contributed by atoms with van der Waals surface area (Å²) in [6, 6.07) is 7.15. The van der Waals surface area contributed by atoms with Crippen molar-refractivity contribution in [2.45, 2.75) is 39.0 Å². The van der Waals surface area contributed by atoms with E-state index in [4.69, 9.17) is 10.6 Å². The molecule has 2 N–H and O–H groups in total. The van der Waals surface area contributed by atoms with Gasteiger partial charge in [-0.05, 0) is 31.9 Å². The third kappa shape index (κ3) is 5.21. The molecule has 0 fully saturated rings. The molecule has 0 saturated heterocycles. The van der Waals surface area contributed by atoms with Crippen LogP contribution in [-0.4, -0.2) is 20.1 Å². The predicted molar refractivity (Wildman–Crippen MR) is 91.3 cm³/mol. The van der Waals surface area contributed by atoms with E-state index in [-0.39, 0.29) is 4.90 Å². The topological polar surface area (TPSA) is 96.3 Å². The summed E-state index contributed by atoms with van der Waals surface area (Å²) in [5, 5.41) is 0. The molecule has 0 unspecified atom stereocenters. The molecule has 2 rings (SSSR count). The smallest absolute Gasteiger partial charge is 0.214 e. The summed E-state index contributed by atoms with van der Waals surface area (Å²) in [7, 11) is -2.68. The van der Waals surface area contributed by atoms with E-state index in [2.05, 4.69) is 6.92 Å². The maximum Gasteiger partial charge on any atom is 0.214 e. The highest BCUT2D eigenvalue weighted by Crippen LogP contribution is 2.20. The highest BCUT2D eigenvalue weighted by Gasteiger charge is 2.09. The number of methoxy groups -OCH3 is 1. The summed E-state index contributed by atoms with van der Waals surface area (Å²) >= 11 is 0. The van der Waals surface area contributed by atoms with Gasteiger partial charge in [-0.3, -0.25) is 0 Å². The van der Waals surface area contributed by atoms with E-state index in [1.54, 1.807) is 44.0 Å². The van der Waals surface area contributed by atoms with Crippen LogP contribution in [0.1, 0.15) is 29.3 Å². The molecule has 0 amide bonds. The molecule has 132 valence electrons. The number of aryl methyl sites for hydroxylation is 4. The molecular weight excluding hydrogens is 328 g/mol. The number of nitrogens with zero attached hydrogens (tertiary/aromatic N) is 1. The molecular formula is C17H24N2O4S. The molecule has 0 atom stereocenters. The van der Waals surface area contributed by atoms with Gasteiger partial charge in [0.1, 0.15) is 15.9 Å². The molecule has 6 nitrogen and oxygen atoms in total. The zero-order chi connectivity index (χ0) is 18.5. The van der Waals surface area contributed by atoms with Crippen LogP contribution in [0.3, 0.4) is 0 Å². The van der Waals surface area contributed by atoms with Crippen LogP contribution in [0, 0.1) is 20.8 Å². The van der Waals surface area contributed by atoms with Crippen LogP contribution >= 0.6 is 0 Å². The van der Waals surface area contributed by atoms with Crippen LogP contribution in [-0.2, 0) is 16.5 Å². The molecule has 0 aliphatic heterocycles. The number of ether oxygens (including phenoxy) is 1. The molecule has 1 aromatic carbocycles. The Labute approximate surface area is 143 Å². The lowest BCUT2D eigenvalue weighted by atomic mass is 10.1. The van der Waals surface area contributed by atoms with E-state index >= 15 is 0 Å². The molecule has 7 heteroatoms. The first kappa shape index (κ1) is 19.9. The monoisotopic (exact) mass is 352 g/mol. The van der Waals surface area contributed by atoms with Gasteiger partial charge in [-0.15, -0.1) is 0 Å². The van der Waals surface area contributed by atoms with Gasteiger partial charge >= 0.3 is 0 Å². The van der Waals surface area contributed by atoms with Crippen LogP contribution in [0.15, 0.2) is 35.4 Å². The largest absolute Gasteiger partial charge is 0.744 e. The molecule has 24 heavy (non-hydrogen) atoms. The number of nitrogen functional groups attached to an aromatic ring is 1. The maximum absolute atomic E-state index is 10.8. The number of pyridine rings is 1. The Hall–Kier alpha value is -2.12. The summed E-state index contributed by atoms with van der Waals surface area (Å²) in [6.45, 7) is 7.18. The number of rotatable bonds is 3. The van der Waals surface area contributed by atoms with E-state index in [9.17, 15) is 13.0 Å². The van der Waals surface area contributed by atoms with Gasteiger partial charge < -0.3 is 9.29 Å². The van der Waals surface area contributed by atoms with Gasteiger partial charge in [0.2, 0.25) is 11.9 Å². The number of hydrogen-bond acceptors (Lipinski definition) is 5. The lowest BCUT2D eigenvalue weighted by molar-refractivity contribution is -0.646. The molecule has 0 bridgehead atoms.